The highest BCUT2D eigenvalue weighted by Crippen LogP contribution is 2.25. The van der Waals surface area contributed by atoms with Crippen molar-refractivity contribution in [3.05, 3.63) is 28.2 Å². The molecular weight excluding hydrogens is 368 g/mol. The smallest absolute Gasteiger partial charge is 0.240 e. The Morgan fingerprint density at radius 1 is 1.32 bits per heavy atom. The summed E-state index contributed by atoms with van der Waals surface area (Å²) in [6, 6.07) is 5.23. The first-order valence-electron chi connectivity index (χ1n) is 7.26. The van der Waals surface area contributed by atoms with Crippen LogP contribution in [0.4, 0.5) is 5.69 Å². The second kappa shape index (κ2) is 8.53. The third-order valence-corrected chi connectivity index (χ3v) is 5.23. The van der Waals surface area contributed by atoms with Crippen LogP contribution in [-0.4, -0.2) is 33.7 Å². The summed E-state index contributed by atoms with van der Waals surface area (Å²) in [5.41, 5.74) is 1.48. The first-order valence-corrected chi connectivity index (χ1v) is 9.90. The Balaban J connectivity index is 2.82. The van der Waals surface area contributed by atoms with Crippen molar-refractivity contribution in [3.8, 4) is 0 Å². The number of nitrogens with one attached hydrogen (secondary N) is 1. The van der Waals surface area contributed by atoms with Gasteiger partial charge in [0.2, 0.25) is 15.9 Å². The van der Waals surface area contributed by atoms with E-state index in [9.17, 15) is 13.2 Å². The van der Waals surface area contributed by atoms with E-state index in [-0.39, 0.29) is 12.5 Å². The fraction of sp³-hybridized carbons (Fsp3) is 0.533. The van der Waals surface area contributed by atoms with Gasteiger partial charge in [0.15, 0.2) is 0 Å². The van der Waals surface area contributed by atoms with Crippen LogP contribution in [0.2, 0.25) is 0 Å². The van der Waals surface area contributed by atoms with Crippen molar-refractivity contribution in [2.24, 2.45) is 0 Å². The zero-order valence-corrected chi connectivity index (χ0v) is 15.6. The Kier molecular flexibility index (Phi) is 7.35. The highest BCUT2D eigenvalue weighted by Gasteiger charge is 2.21. The lowest BCUT2D eigenvalue weighted by Crippen LogP contribution is -2.40. The Hall–Kier alpha value is -1.08. The molecule has 1 aromatic rings. The Labute approximate surface area is 141 Å². The quantitative estimate of drug-likeness (QED) is 0.693. The molecule has 0 spiro atoms. The van der Waals surface area contributed by atoms with E-state index in [0.717, 1.165) is 39.9 Å². The summed E-state index contributed by atoms with van der Waals surface area (Å²) in [5.74, 6) is -0.293. The van der Waals surface area contributed by atoms with E-state index in [0.29, 0.717) is 12.2 Å². The van der Waals surface area contributed by atoms with Gasteiger partial charge in [0.1, 0.15) is 6.54 Å². The predicted octanol–water partition coefficient (Wildman–Crippen LogP) is 2.83. The van der Waals surface area contributed by atoms with Crippen molar-refractivity contribution in [2.75, 3.05) is 23.7 Å². The summed E-state index contributed by atoms with van der Waals surface area (Å²) < 4.78 is 25.9. The molecule has 1 N–H and O–H groups in total. The largest absolute Gasteiger partial charge is 0.355 e. The molecule has 0 aliphatic heterocycles. The highest BCUT2D eigenvalue weighted by atomic mass is 79.9. The molecular formula is C15H23BrN2O3S. The summed E-state index contributed by atoms with van der Waals surface area (Å²) in [4.78, 5) is 12.0. The number of sulfonamides is 1. The lowest BCUT2D eigenvalue weighted by molar-refractivity contribution is -0.119. The molecule has 0 saturated heterocycles. The Bertz CT molecular complexity index is 617. The zero-order valence-electron chi connectivity index (χ0n) is 13.2. The number of benzene rings is 1. The van der Waals surface area contributed by atoms with Crippen molar-refractivity contribution in [2.45, 2.75) is 33.1 Å². The van der Waals surface area contributed by atoms with Crippen molar-refractivity contribution in [1.82, 2.24) is 5.32 Å². The number of carbonyl (C=O) groups excluding carboxylic acids is 1. The summed E-state index contributed by atoms with van der Waals surface area (Å²) in [6.07, 6.45) is 4.12. The third-order valence-electron chi connectivity index (χ3n) is 3.23. The van der Waals surface area contributed by atoms with Gasteiger partial charge in [-0.3, -0.25) is 9.10 Å². The lowest BCUT2D eigenvalue weighted by atomic mass is 10.2. The van der Waals surface area contributed by atoms with Gasteiger partial charge in [-0.1, -0.05) is 41.8 Å². The summed E-state index contributed by atoms with van der Waals surface area (Å²) in [5, 5.41) is 2.76. The lowest BCUT2D eigenvalue weighted by Gasteiger charge is -2.22. The van der Waals surface area contributed by atoms with Crippen LogP contribution in [0.1, 0.15) is 31.7 Å². The van der Waals surface area contributed by atoms with E-state index in [2.05, 4.69) is 28.2 Å². The Morgan fingerprint density at radius 2 is 2.00 bits per heavy atom. The number of halogens is 1. The van der Waals surface area contributed by atoms with Gasteiger partial charge in [-0.25, -0.2) is 8.42 Å². The summed E-state index contributed by atoms with van der Waals surface area (Å²) >= 11 is 3.38. The number of rotatable bonds is 8. The molecule has 0 saturated carbocycles. The van der Waals surface area contributed by atoms with Crippen LogP contribution in [0.15, 0.2) is 22.7 Å². The summed E-state index contributed by atoms with van der Waals surface area (Å²) in [7, 11) is -3.53. The van der Waals surface area contributed by atoms with Gasteiger partial charge in [-0.15, -0.1) is 0 Å². The molecule has 5 nitrogen and oxygen atoms in total. The monoisotopic (exact) mass is 390 g/mol. The second-order valence-electron chi connectivity index (χ2n) is 5.26. The molecule has 0 bridgehead atoms. The van der Waals surface area contributed by atoms with Gasteiger partial charge in [0.05, 0.1) is 11.9 Å². The van der Waals surface area contributed by atoms with Crippen LogP contribution in [0.25, 0.3) is 0 Å². The van der Waals surface area contributed by atoms with Crippen molar-refractivity contribution in [3.63, 3.8) is 0 Å². The van der Waals surface area contributed by atoms with E-state index >= 15 is 0 Å². The van der Waals surface area contributed by atoms with E-state index in [1.165, 1.54) is 0 Å². The van der Waals surface area contributed by atoms with Gasteiger partial charge in [0, 0.05) is 11.0 Å². The molecule has 124 valence electrons. The average Bonchev–Trinajstić information content (AvgIpc) is 2.43. The average molecular weight is 391 g/mol. The van der Waals surface area contributed by atoms with Crippen molar-refractivity contribution >= 4 is 37.5 Å². The first kappa shape index (κ1) is 19.0. The normalized spacial score (nSPS) is 11.3. The Morgan fingerprint density at radius 3 is 2.55 bits per heavy atom. The van der Waals surface area contributed by atoms with Crippen LogP contribution < -0.4 is 9.62 Å². The molecule has 1 amide bonds. The van der Waals surface area contributed by atoms with Crippen LogP contribution in [0.5, 0.6) is 0 Å². The topological polar surface area (TPSA) is 66.5 Å². The standard InChI is InChI=1S/C15H23BrN2O3S/c1-4-5-6-9-17-15(19)11-18(22(3,20)21)13-8-7-12(2)14(16)10-13/h7-8,10H,4-6,9,11H2,1-3H3,(H,17,19). The van der Waals surface area contributed by atoms with E-state index in [1.54, 1.807) is 12.1 Å². The predicted molar refractivity (Wildman–Crippen MR) is 93.6 cm³/mol. The van der Waals surface area contributed by atoms with Gasteiger partial charge >= 0.3 is 0 Å². The fourth-order valence-electron chi connectivity index (χ4n) is 1.93. The number of aryl methyl sites for hydroxylation is 1. The maximum atomic E-state index is 12.0. The van der Waals surface area contributed by atoms with E-state index < -0.39 is 10.0 Å². The summed E-state index contributed by atoms with van der Waals surface area (Å²) in [6.45, 7) is 4.36. The maximum absolute atomic E-state index is 12.0. The maximum Gasteiger partial charge on any atom is 0.240 e. The first-order chi connectivity index (χ1) is 10.3. The van der Waals surface area contributed by atoms with E-state index in [4.69, 9.17) is 0 Å². The van der Waals surface area contributed by atoms with Gasteiger partial charge in [0.25, 0.3) is 0 Å². The minimum atomic E-state index is -3.53. The minimum absolute atomic E-state index is 0.208. The molecule has 0 unspecified atom stereocenters. The van der Waals surface area contributed by atoms with Gasteiger partial charge in [-0.05, 0) is 31.0 Å². The van der Waals surface area contributed by atoms with Gasteiger partial charge < -0.3 is 5.32 Å². The van der Waals surface area contributed by atoms with Crippen LogP contribution in [0.3, 0.4) is 0 Å². The van der Waals surface area contributed by atoms with Crippen molar-refractivity contribution < 1.29 is 13.2 Å². The molecule has 0 heterocycles. The number of anilines is 1. The third kappa shape index (κ3) is 5.96. The fourth-order valence-corrected chi connectivity index (χ4v) is 3.14. The number of carbonyl (C=O) groups is 1. The molecule has 1 rings (SSSR count). The second-order valence-corrected chi connectivity index (χ2v) is 8.02. The SMILES string of the molecule is CCCCCNC(=O)CN(c1ccc(C)c(Br)c1)S(C)(=O)=O. The number of unbranched alkanes of at least 4 members (excludes halogenated alkanes) is 2. The number of hydrogen-bond acceptors (Lipinski definition) is 3. The van der Waals surface area contributed by atoms with Crippen LogP contribution in [0, 0.1) is 6.92 Å². The molecule has 0 radical (unpaired) electrons. The zero-order chi connectivity index (χ0) is 16.8. The molecule has 1 aromatic carbocycles. The van der Waals surface area contributed by atoms with Crippen molar-refractivity contribution in [1.29, 1.82) is 0 Å². The number of hydrogen-bond donors (Lipinski definition) is 1. The van der Waals surface area contributed by atoms with E-state index in [1.807, 2.05) is 13.0 Å². The molecule has 7 heteroatoms. The highest BCUT2D eigenvalue weighted by molar-refractivity contribution is 9.10. The van der Waals surface area contributed by atoms with Crippen LogP contribution >= 0.6 is 15.9 Å². The molecule has 22 heavy (non-hydrogen) atoms. The van der Waals surface area contributed by atoms with Crippen LogP contribution in [-0.2, 0) is 14.8 Å². The van der Waals surface area contributed by atoms with Gasteiger partial charge in [-0.2, -0.15) is 0 Å². The molecule has 0 aromatic heterocycles. The number of nitrogens with zero attached hydrogens (tertiary/aromatic N) is 1. The molecule has 0 atom stereocenters. The molecule has 0 fully saturated rings. The molecule has 0 aliphatic rings. The molecule has 0 aliphatic carbocycles. The number of amides is 1. The minimum Gasteiger partial charge on any atom is -0.355 e.